The van der Waals surface area contributed by atoms with Gasteiger partial charge in [0.1, 0.15) is 11.6 Å². The van der Waals surface area contributed by atoms with Gasteiger partial charge in [-0.05, 0) is 80.2 Å². The summed E-state index contributed by atoms with van der Waals surface area (Å²) >= 11 is 11.0. The molecule has 0 bridgehead atoms. The van der Waals surface area contributed by atoms with E-state index in [1.54, 1.807) is 48.5 Å². The Morgan fingerprint density at radius 3 is 2.35 bits per heavy atom. The first-order chi connectivity index (χ1) is 16.2. The third-order valence-corrected chi connectivity index (χ3v) is 5.29. The molecule has 0 aliphatic rings. The average molecular weight is 500 g/mol. The Kier molecular flexibility index (Phi) is 8.56. The fourth-order valence-electron chi connectivity index (χ4n) is 2.88. The second kappa shape index (κ2) is 11.6. The van der Waals surface area contributed by atoms with Crippen LogP contribution in [0.5, 0.6) is 5.75 Å². The lowest BCUT2D eigenvalue weighted by atomic mass is 10.2. The zero-order chi connectivity index (χ0) is 24.7. The lowest BCUT2D eigenvalue weighted by Gasteiger charge is -2.14. The fraction of sp³-hybridized carbons (Fsp3) is 0.160. The number of hydrogen-bond donors (Lipinski definition) is 3. The van der Waals surface area contributed by atoms with Gasteiger partial charge in [-0.3, -0.25) is 14.9 Å². The van der Waals surface area contributed by atoms with E-state index in [1.807, 2.05) is 13.8 Å². The van der Waals surface area contributed by atoms with Crippen molar-refractivity contribution in [2.75, 3.05) is 10.6 Å². The van der Waals surface area contributed by atoms with Gasteiger partial charge in [0.2, 0.25) is 0 Å². The van der Waals surface area contributed by atoms with E-state index in [2.05, 4.69) is 16.0 Å². The number of hydrogen-bond acceptors (Lipinski definition) is 4. The lowest BCUT2D eigenvalue weighted by molar-refractivity contribution is 0.0975. The summed E-state index contributed by atoms with van der Waals surface area (Å²) in [5.74, 6) is -0.785. The molecule has 0 radical (unpaired) electrons. The van der Waals surface area contributed by atoms with Crippen LogP contribution in [0, 0.1) is 5.82 Å². The van der Waals surface area contributed by atoms with Crippen LogP contribution in [0.25, 0.3) is 0 Å². The second-order valence-electron chi connectivity index (χ2n) is 7.44. The van der Waals surface area contributed by atoms with E-state index in [9.17, 15) is 14.0 Å². The molecule has 3 rings (SSSR count). The highest BCUT2D eigenvalue weighted by Crippen LogP contribution is 2.21. The molecule has 0 aromatic heterocycles. The average Bonchev–Trinajstić information content (AvgIpc) is 2.81. The van der Waals surface area contributed by atoms with Gasteiger partial charge in [0, 0.05) is 22.5 Å². The molecule has 0 fully saturated rings. The molecule has 0 heterocycles. The van der Waals surface area contributed by atoms with Crippen molar-refractivity contribution < 1.29 is 18.7 Å². The predicted octanol–water partition coefficient (Wildman–Crippen LogP) is 6.04. The first-order valence-electron chi connectivity index (χ1n) is 10.5. The van der Waals surface area contributed by atoms with E-state index in [4.69, 9.17) is 28.6 Å². The Morgan fingerprint density at radius 2 is 1.65 bits per heavy atom. The molecule has 0 saturated carbocycles. The number of thiocarbonyl (C=S) groups is 1. The van der Waals surface area contributed by atoms with Crippen molar-refractivity contribution in [1.29, 1.82) is 0 Å². The topological polar surface area (TPSA) is 79.5 Å². The molecule has 3 aromatic carbocycles. The third kappa shape index (κ3) is 7.00. The normalized spacial score (nSPS) is 11.3. The van der Waals surface area contributed by atoms with Crippen LogP contribution in [-0.4, -0.2) is 23.0 Å². The molecular formula is C25H23ClFN3O3S. The number of anilines is 2. The fourth-order valence-corrected chi connectivity index (χ4v) is 3.27. The van der Waals surface area contributed by atoms with E-state index < -0.39 is 17.6 Å². The van der Waals surface area contributed by atoms with Crippen LogP contribution in [0.3, 0.4) is 0 Å². The maximum absolute atomic E-state index is 13.3. The molecule has 3 aromatic rings. The second-order valence-corrected chi connectivity index (χ2v) is 8.25. The van der Waals surface area contributed by atoms with E-state index in [1.165, 1.54) is 18.2 Å². The highest BCUT2D eigenvalue weighted by molar-refractivity contribution is 7.80. The Morgan fingerprint density at radius 1 is 0.971 bits per heavy atom. The molecule has 9 heteroatoms. The van der Waals surface area contributed by atoms with E-state index >= 15 is 0 Å². The van der Waals surface area contributed by atoms with Crippen LogP contribution in [0.1, 0.15) is 41.0 Å². The summed E-state index contributed by atoms with van der Waals surface area (Å²) in [7, 11) is 0. The zero-order valence-electron chi connectivity index (χ0n) is 18.5. The maximum atomic E-state index is 13.3. The van der Waals surface area contributed by atoms with Crippen molar-refractivity contribution in [3.8, 4) is 5.75 Å². The van der Waals surface area contributed by atoms with Gasteiger partial charge in [-0.1, -0.05) is 30.7 Å². The van der Waals surface area contributed by atoms with Crippen molar-refractivity contribution in [1.82, 2.24) is 5.32 Å². The van der Waals surface area contributed by atoms with Gasteiger partial charge in [0.15, 0.2) is 5.11 Å². The molecule has 0 aliphatic heterocycles. The van der Waals surface area contributed by atoms with Gasteiger partial charge in [-0.2, -0.15) is 0 Å². The summed E-state index contributed by atoms with van der Waals surface area (Å²) in [5, 5.41) is 8.14. The van der Waals surface area contributed by atoms with Gasteiger partial charge in [0.05, 0.1) is 11.1 Å². The molecule has 34 heavy (non-hydrogen) atoms. The molecule has 6 nitrogen and oxygen atoms in total. The summed E-state index contributed by atoms with van der Waals surface area (Å²) in [5.41, 5.74) is 1.59. The first-order valence-corrected chi connectivity index (χ1v) is 11.3. The maximum Gasteiger partial charge on any atom is 0.257 e. The third-order valence-electron chi connectivity index (χ3n) is 4.80. The van der Waals surface area contributed by atoms with Gasteiger partial charge in [-0.15, -0.1) is 0 Å². The smallest absolute Gasteiger partial charge is 0.257 e. The number of halogens is 2. The summed E-state index contributed by atoms with van der Waals surface area (Å²) in [6.45, 7) is 3.97. The zero-order valence-corrected chi connectivity index (χ0v) is 20.1. The van der Waals surface area contributed by atoms with Crippen molar-refractivity contribution >= 4 is 52.1 Å². The molecule has 176 valence electrons. The van der Waals surface area contributed by atoms with Crippen molar-refractivity contribution in [2.45, 2.75) is 26.4 Å². The minimum atomic E-state index is -0.573. The Balaban J connectivity index is 1.61. The molecule has 1 unspecified atom stereocenters. The summed E-state index contributed by atoms with van der Waals surface area (Å²) < 4.78 is 19.1. The van der Waals surface area contributed by atoms with Gasteiger partial charge < -0.3 is 15.4 Å². The Hall–Kier alpha value is -3.49. The van der Waals surface area contributed by atoms with Crippen LogP contribution < -0.4 is 20.7 Å². The van der Waals surface area contributed by atoms with Crippen molar-refractivity contribution in [3.05, 3.63) is 88.7 Å². The summed E-state index contributed by atoms with van der Waals surface area (Å²) in [6, 6.07) is 17.3. The number of ether oxygens (including phenoxy) is 1. The van der Waals surface area contributed by atoms with E-state index in [-0.39, 0.29) is 16.2 Å². The molecule has 0 saturated heterocycles. The molecule has 0 spiro atoms. The highest BCUT2D eigenvalue weighted by atomic mass is 35.5. The highest BCUT2D eigenvalue weighted by Gasteiger charge is 2.12. The lowest BCUT2D eigenvalue weighted by Crippen LogP contribution is -2.34. The summed E-state index contributed by atoms with van der Waals surface area (Å²) in [6.07, 6.45) is 0.879. The summed E-state index contributed by atoms with van der Waals surface area (Å²) in [4.78, 5) is 25.1. The number of nitrogens with one attached hydrogen (secondary N) is 3. The van der Waals surface area contributed by atoms with Crippen LogP contribution in [0.2, 0.25) is 5.02 Å². The van der Waals surface area contributed by atoms with Crippen LogP contribution in [-0.2, 0) is 0 Å². The van der Waals surface area contributed by atoms with Crippen LogP contribution in [0.4, 0.5) is 15.8 Å². The first kappa shape index (κ1) is 25.1. The van der Waals surface area contributed by atoms with E-state index in [0.717, 1.165) is 6.42 Å². The molecule has 1 atom stereocenters. The number of carbonyl (C=O) groups is 2. The quantitative estimate of drug-likeness (QED) is 0.346. The monoisotopic (exact) mass is 499 g/mol. The van der Waals surface area contributed by atoms with Crippen molar-refractivity contribution in [2.24, 2.45) is 0 Å². The minimum absolute atomic E-state index is 0.0329. The SMILES string of the molecule is CCC(C)Oc1cccc(C(=O)NC(=S)Nc2cccc(C(=O)Nc3ccc(F)c(Cl)c3)c2)c1. The van der Waals surface area contributed by atoms with Crippen LogP contribution in [0.15, 0.2) is 66.7 Å². The van der Waals surface area contributed by atoms with Gasteiger partial charge >= 0.3 is 0 Å². The largest absolute Gasteiger partial charge is 0.491 e. The number of carbonyl (C=O) groups excluding carboxylic acids is 2. The van der Waals surface area contributed by atoms with Crippen LogP contribution >= 0.6 is 23.8 Å². The van der Waals surface area contributed by atoms with Crippen molar-refractivity contribution in [3.63, 3.8) is 0 Å². The molecule has 2 amide bonds. The minimum Gasteiger partial charge on any atom is -0.491 e. The van der Waals surface area contributed by atoms with E-state index in [0.29, 0.717) is 28.3 Å². The van der Waals surface area contributed by atoms with Gasteiger partial charge in [0.25, 0.3) is 11.8 Å². The number of amides is 2. The molecule has 0 aliphatic carbocycles. The van der Waals surface area contributed by atoms with Gasteiger partial charge in [-0.25, -0.2) is 4.39 Å². The molecular weight excluding hydrogens is 477 g/mol. The Bertz CT molecular complexity index is 1220. The standard InChI is InChI=1S/C25H23ClFN3O3S/c1-3-15(2)33-20-9-5-7-17(13-20)24(32)30-25(34)29-18-8-4-6-16(12-18)23(31)28-19-10-11-22(27)21(26)14-19/h4-15H,3H2,1-2H3,(H,28,31)(H2,29,30,32,34). The Labute approximate surface area is 207 Å². The predicted molar refractivity (Wildman–Crippen MR) is 136 cm³/mol. The number of rotatable bonds is 7. The molecule has 3 N–H and O–H groups in total. The number of benzene rings is 3.